The molecule has 1 nitrogen and oxygen atoms in total. The normalized spacial score (nSPS) is 18.0. The van der Waals surface area contributed by atoms with Crippen LogP contribution in [0.1, 0.15) is 6.92 Å². The third-order valence-electron chi connectivity index (χ3n) is 0.516. The molecule has 2 atom stereocenters. The van der Waals surface area contributed by atoms with Gasteiger partial charge in [-0.25, -0.2) is 13.2 Å². The van der Waals surface area contributed by atoms with Crippen LogP contribution < -0.4 is 0 Å². The van der Waals surface area contributed by atoms with Gasteiger partial charge >= 0.3 is 0 Å². The van der Waals surface area contributed by atoms with E-state index in [4.69, 9.17) is 0 Å². The Labute approximate surface area is 64.7 Å². The van der Waals surface area contributed by atoms with Gasteiger partial charge in [0.15, 0.2) is 0 Å². The molecule has 0 aromatic carbocycles. The molecule has 0 saturated carbocycles. The standard InChI is InChI=1S/C4H6F3IO/c1-2(8)9-4(7)3(5)6/h2-4H,1H3. The van der Waals surface area contributed by atoms with Crippen LogP contribution in [0, 0.1) is 0 Å². The summed E-state index contributed by atoms with van der Waals surface area (Å²) in [5.74, 6) is 0. The van der Waals surface area contributed by atoms with Crippen LogP contribution in [0.5, 0.6) is 0 Å². The zero-order valence-corrected chi connectivity index (χ0v) is 6.81. The first-order chi connectivity index (χ1) is 4.04. The van der Waals surface area contributed by atoms with Crippen LogP contribution >= 0.6 is 22.6 Å². The number of ether oxygens (including phenoxy) is 1. The molecule has 0 amide bonds. The Morgan fingerprint density at radius 2 is 1.78 bits per heavy atom. The first-order valence-electron chi connectivity index (χ1n) is 2.25. The van der Waals surface area contributed by atoms with E-state index < -0.39 is 16.9 Å². The summed E-state index contributed by atoms with van der Waals surface area (Å²) in [6.45, 7) is 1.48. The first kappa shape index (κ1) is 9.48. The van der Waals surface area contributed by atoms with Gasteiger partial charge in [0.25, 0.3) is 12.8 Å². The van der Waals surface area contributed by atoms with E-state index in [1.54, 1.807) is 22.6 Å². The number of hydrogen-bond donors (Lipinski definition) is 0. The Bertz CT molecular complexity index is 78.2. The quantitative estimate of drug-likeness (QED) is 0.554. The minimum atomic E-state index is -3.04. The molecule has 56 valence electrons. The smallest absolute Gasteiger partial charge is 0.293 e. The summed E-state index contributed by atoms with van der Waals surface area (Å²) in [7, 11) is 0. The van der Waals surface area contributed by atoms with Crippen LogP contribution in [0.3, 0.4) is 0 Å². The van der Waals surface area contributed by atoms with Gasteiger partial charge in [0.1, 0.15) is 4.11 Å². The van der Waals surface area contributed by atoms with Crippen molar-refractivity contribution in [2.24, 2.45) is 0 Å². The highest BCUT2D eigenvalue weighted by molar-refractivity contribution is 14.1. The molecule has 0 aliphatic carbocycles. The van der Waals surface area contributed by atoms with E-state index in [1.807, 2.05) is 0 Å². The average Bonchev–Trinajstić information content (AvgIpc) is 1.63. The summed E-state index contributed by atoms with van der Waals surface area (Å²) in [6, 6.07) is 0. The van der Waals surface area contributed by atoms with Gasteiger partial charge in [-0.05, 0) is 6.92 Å². The number of rotatable bonds is 3. The maximum atomic E-state index is 11.8. The van der Waals surface area contributed by atoms with Crippen molar-refractivity contribution in [3.8, 4) is 0 Å². The van der Waals surface area contributed by atoms with Crippen LogP contribution in [0.4, 0.5) is 13.2 Å². The van der Waals surface area contributed by atoms with Gasteiger partial charge in [0.2, 0.25) is 0 Å². The molecule has 9 heavy (non-hydrogen) atoms. The van der Waals surface area contributed by atoms with Gasteiger partial charge in [-0.2, -0.15) is 0 Å². The van der Waals surface area contributed by atoms with Gasteiger partial charge in [-0.15, -0.1) is 0 Å². The topological polar surface area (TPSA) is 9.23 Å². The van der Waals surface area contributed by atoms with E-state index in [9.17, 15) is 13.2 Å². The SMILES string of the molecule is CC(I)OC(F)C(F)F. The fourth-order valence-corrected chi connectivity index (χ4v) is 0.519. The van der Waals surface area contributed by atoms with E-state index in [0.717, 1.165) is 0 Å². The number of alkyl halides is 4. The second kappa shape index (κ2) is 4.32. The lowest BCUT2D eigenvalue weighted by atomic mass is 10.7. The summed E-state index contributed by atoms with van der Waals surface area (Å²) in [5, 5.41) is 0. The molecule has 0 heterocycles. The van der Waals surface area contributed by atoms with Crippen molar-refractivity contribution >= 4 is 22.6 Å². The monoisotopic (exact) mass is 254 g/mol. The van der Waals surface area contributed by atoms with E-state index in [2.05, 4.69) is 4.74 Å². The van der Waals surface area contributed by atoms with Crippen LogP contribution in [0.25, 0.3) is 0 Å². The fraction of sp³-hybridized carbons (Fsp3) is 1.00. The van der Waals surface area contributed by atoms with Crippen molar-refractivity contribution in [3.05, 3.63) is 0 Å². The van der Waals surface area contributed by atoms with E-state index >= 15 is 0 Å². The lowest BCUT2D eigenvalue weighted by Crippen LogP contribution is -2.18. The summed E-state index contributed by atoms with van der Waals surface area (Å²) in [4.78, 5) is 0. The van der Waals surface area contributed by atoms with Gasteiger partial charge in [-0.3, -0.25) is 0 Å². The van der Waals surface area contributed by atoms with E-state index in [0.29, 0.717) is 0 Å². The second-order valence-electron chi connectivity index (χ2n) is 1.36. The highest BCUT2D eigenvalue weighted by Gasteiger charge is 2.20. The van der Waals surface area contributed by atoms with E-state index in [1.165, 1.54) is 6.92 Å². The van der Waals surface area contributed by atoms with Gasteiger partial charge in [-0.1, -0.05) is 22.6 Å². The zero-order chi connectivity index (χ0) is 7.44. The summed E-state index contributed by atoms with van der Waals surface area (Å²) in [5.41, 5.74) is 0. The molecule has 2 unspecified atom stereocenters. The number of halogens is 4. The van der Waals surface area contributed by atoms with Crippen LogP contribution in [0.15, 0.2) is 0 Å². The third kappa shape index (κ3) is 4.95. The molecule has 0 radical (unpaired) electrons. The molecule has 0 spiro atoms. The molecule has 0 aromatic rings. The molecule has 0 rings (SSSR count). The average molecular weight is 254 g/mol. The predicted molar refractivity (Wildman–Crippen MR) is 35.5 cm³/mol. The molecule has 0 saturated heterocycles. The van der Waals surface area contributed by atoms with Crippen LogP contribution in [-0.4, -0.2) is 16.9 Å². The van der Waals surface area contributed by atoms with Crippen LogP contribution in [0.2, 0.25) is 0 Å². The molecule has 0 aliphatic rings. The lowest BCUT2D eigenvalue weighted by molar-refractivity contribution is -0.129. The van der Waals surface area contributed by atoms with Crippen molar-refractivity contribution in [1.82, 2.24) is 0 Å². The maximum absolute atomic E-state index is 11.8. The van der Waals surface area contributed by atoms with Crippen molar-refractivity contribution in [3.63, 3.8) is 0 Å². The highest BCUT2D eigenvalue weighted by atomic mass is 127. The molecule has 0 aromatic heterocycles. The number of hydrogen-bond acceptors (Lipinski definition) is 1. The molecule has 0 aliphatic heterocycles. The zero-order valence-electron chi connectivity index (χ0n) is 4.65. The molecule has 0 bridgehead atoms. The molecule has 0 fully saturated rings. The van der Waals surface area contributed by atoms with Gasteiger partial charge < -0.3 is 4.74 Å². The van der Waals surface area contributed by atoms with Crippen LogP contribution in [-0.2, 0) is 4.74 Å². The second-order valence-corrected chi connectivity index (χ2v) is 3.12. The Hall–Kier alpha value is 0.480. The lowest BCUT2D eigenvalue weighted by Gasteiger charge is -2.09. The van der Waals surface area contributed by atoms with Crippen molar-refractivity contribution in [2.45, 2.75) is 23.8 Å². The Morgan fingerprint density at radius 3 is 1.89 bits per heavy atom. The highest BCUT2D eigenvalue weighted by Crippen LogP contribution is 2.12. The molecule has 5 heteroatoms. The molecule has 0 N–H and O–H groups in total. The summed E-state index contributed by atoms with van der Waals surface area (Å²) in [6.07, 6.45) is -5.49. The van der Waals surface area contributed by atoms with Gasteiger partial charge in [0, 0.05) is 0 Å². The minimum absolute atomic E-state index is 0.522. The van der Waals surface area contributed by atoms with Crippen molar-refractivity contribution in [1.29, 1.82) is 0 Å². The molecular weight excluding hydrogens is 248 g/mol. The van der Waals surface area contributed by atoms with Crippen molar-refractivity contribution in [2.75, 3.05) is 0 Å². The maximum Gasteiger partial charge on any atom is 0.293 e. The Kier molecular flexibility index (Phi) is 4.55. The molecular formula is C4H6F3IO. The summed E-state index contributed by atoms with van der Waals surface area (Å²) < 4.78 is 37.9. The van der Waals surface area contributed by atoms with Gasteiger partial charge in [0.05, 0.1) is 0 Å². The van der Waals surface area contributed by atoms with Crippen molar-refractivity contribution < 1.29 is 17.9 Å². The largest absolute Gasteiger partial charge is 0.330 e. The Morgan fingerprint density at radius 1 is 1.33 bits per heavy atom. The van der Waals surface area contributed by atoms with E-state index in [-0.39, 0.29) is 0 Å². The third-order valence-corrected chi connectivity index (χ3v) is 0.809. The predicted octanol–water partition coefficient (Wildman–Crippen LogP) is 2.34. The first-order valence-corrected chi connectivity index (χ1v) is 3.50. The minimum Gasteiger partial charge on any atom is -0.330 e. The summed E-state index contributed by atoms with van der Waals surface area (Å²) >= 11 is 1.70. The Balaban J connectivity index is 3.38. The fourth-order valence-electron chi connectivity index (χ4n) is 0.239.